The molecular formula is C14H18N2O5. The summed E-state index contributed by atoms with van der Waals surface area (Å²) in [5, 5.41) is 0. The molecule has 0 radical (unpaired) electrons. The summed E-state index contributed by atoms with van der Waals surface area (Å²) in [5.41, 5.74) is 1.01. The lowest BCUT2D eigenvalue weighted by molar-refractivity contribution is -0.154. The molecule has 1 aliphatic heterocycles. The number of pyridine rings is 1. The third-order valence-electron chi connectivity index (χ3n) is 3.33. The van der Waals surface area contributed by atoms with Gasteiger partial charge < -0.3 is 19.1 Å². The van der Waals surface area contributed by atoms with E-state index >= 15 is 0 Å². The second-order valence-electron chi connectivity index (χ2n) is 4.62. The molecule has 0 aromatic carbocycles. The fourth-order valence-electron chi connectivity index (χ4n) is 2.18. The van der Waals surface area contributed by atoms with Crippen molar-refractivity contribution in [3.05, 3.63) is 23.4 Å². The van der Waals surface area contributed by atoms with Crippen molar-refractivity contribution in [2.75, 3.05) is 38.8 Å². The van der Waals surface area contributed by atoms with Crippen molar-refractivity contribution < 1.29 is 23.8 Å². The van der Waals surface area contributed by atoms with E-state index in [4.69, 9.17) is 14.2 Å². The van der Waals surface area contributed by atoms with Crippen LogP contribution in [0.3, 0.4) is 0 Å². The van der Waals surface area contributed by atoms with Crippen LogP contribution in [0.25, 0.3) is 0 Å². The number of carbonyl (C=O) groups is 2. The van der Waals surface area contributed by atoms with Gasteiger partial charge in [-0.2, -0.15) is 0 Å². The van der Waals surface area contributed by atoms with E-state index in [2.05, 4.69) is 4.98 Å². The first-order chi connectivity index (χ1) is 10.1. The van der Waals surface area contributed by atoms with Crippen molar-refractivity contribution in [2.45, 2.75) is 13.0 Å². The molecule has 1 aromatic rings. The number of esters is 2. The SMILES string of the molecule is COC(=O)c1ccc(N2CCOC(C(=O)OC)C2)nc1C. The first-order valence-electron chi connectivity index (χ1n) is 6.57. The van der Waals surface area contributed by atoms with Crippen LogP contribution in [0.5, 0.6) is 0 Å². The van der Waals surface area contributed by atoms with Crippen molar-refractivity contribution in [3.8, 4) is 0 Å². The van der Waals surface area contributed by atoms with Crippen LogP contribution < -0.4 is 4.90 Å². The third-order valence-corrected chi connectivity index (χ3v) is 3.33. The van der Waals surface area contributed by atoms with Gasteiger partial charge in [0, 0.05) is 6.54 Å². The Morgan fingerprint density at radius 3 is 2.71 bits per heavy atom. The van der Waals surface area contributed by atoms with Crippen LogP contribution in [0.2, 0.25) is 0 Å². The topological polar surface area (TPSA) is 78.0 Å². The molecule has 1 saturated heterocycles. The van der Waals surface area contributed by atoms with Gasteiger partial charge in [-0.05, 0) is 19.1 Å². The summed E-state index contributed by atoms with van der Waals surface area (Å²) in [6.07, 6.45) is -0.619. The van der Waals surface area contributed by atoms with Gasteiger partial charge in [-0.1, -0.05) is 0 Å². The maximum atomic E-state index is 11.5. The van der Waals surface area contributed by atoms with E-state index in [9.17, 15) is 9.59 Å². The Morgan fingerprint density at radius 2 is 2.10 bits per heavy atom. The number of methoxy groups -OCH3 is 2. The first-order valence-corrected chi connectivity index (χ1v) is 6.57. The lowest BCUT2D eigenvalue weighted by atomic mass is 10.2. The number of carbonyl (C=O) groups excluding carboxylic acids is 2. The maximum absolute atomic E-state index is 11.5. The monoisotopic (exact) mass is 294 g/mol. The number of aromatic nitrogens is 1. The highest BCUT2D eigenvalue weighted by Crippen LogP contribution is 2.18. The van der Waals surface area contributed by atoms with Crippen molar-refractivity contribution in [3.63, 3.8) is 0 Å². The molecule has 0 spiro atoms. The Balaban J connectivity index is 2.16. The van der Waals surface area contributed by atoms with Crippen LogP contribution in [-0.2, 0) is 19.0 Å². The zero-order valence-corrected chi connectivity index (χ0v) is 12.3. The fraction of sp³-hybridized carbons (Fsp3) is 0.500. The van der Waals surface area contributed by atoms with Gasteiger partial charge in [-0.25, -0.2) is 14.6 Å². The second-order valence-corrected chi connectivity index (χ2v) is 4.62. The number of rotatable bonds is 3. The smallest absolute Gasteiger partial charge is 0.339 e. The predicted molar refractivity (Wildman–Crippen MR) is 74.3 cm³/mol. The van der Waals surface area contributed by atoms with Crippen molar-refractivity contribution >= 4 is 17.8 Å². The highest BCUT2D eigenvalue weighted by molar-refractivity contribution is 5.90. The Bertz CT molecular complexity index is 546. The number of aryl methyl sites for hydroxylation is 1. The number of morpholine rings is 1. The number of nitrogens with zero attached hydrogens (tertiary/aromatic N) is 2. The molecule has 0 amide bonds. The van der Waals surface area contributed by atoms with Crippen molar-refractivity contribution in [2.24, 2.45) is 0 Å². The molecule has 1 unspecified atom stereocenters. The molecule has 1 fully saturated rings. The first kappa shape index (κ1) is 15.2. The van der Waals surface area contributed by atoms with Gasteiger partial charge in [0.15, 0.2) is 6.10 Å². The van der Waals surface area contributed by atoms with Crippen molar-refractivity contribution in [1.29, 1.82) is 0 Å². The molecule has 0 bridgehead atoms. The Kier molecular flexibility index (Phi) is 4.74. The molecule has 2 heterocycles. The summed E-state index contributed by atoms with van der Waals surface area (Å²) in [6, 6.07) is 3.41. The molecule has 1 aliphatic rings. The summed E-state index contributed by atoms with van der Waals surface area (Å²) >= 11 is 0. The molecule has 114 valence electrons. The minimum Gasteiger partial charge on any atom is -0.467 e. The van der Waals surface area contributed by atoms with Crippen LogP contribution in [0, 0.1) is 6.92 Å². The van der Waals surface area contributed by atoms with E-state index in [1.54, 1.807) is 19.1 Å². The quantitative estimate of drug-likeness (QED) is 0.753. The molecule has 2 rings (SSSR count). The van der Waals surface area contributed by atoms with Gasteiger partial charge in [0.25, 0.3) is 0 Å². The Hall–Kier alpha value is -2.15. The van der Waals surface area contributed by atoms with E-state index in [1.165, 1.54) is 14.2 Å². The summed E-state index contributed by atoms with van der Waals surface area (Å²) in [6.45, 7) is 3.15. The van der Waals surface area contributed by atoms with E-state index in [0.29, 0.717) is 36.8 Å². The molecular weight excluding hydrogens is 276 g/mol. The summed E-state index contributed by atoms with van der Waals surface area (Å²) in [7, 11) is 2.66. The summed E-state index contributed by atoms with van der Waals surface area (Å²) < 4.78 is 14.8. The van der Waals surface area contributed by atoms with Crippen LogP contribution >= 0.6 is 0 Å². The van der Waals surface area contributed by atoms with Gasteiger partial charge in [0.05, 0.1) is 38.6 Å². The number of ether oxygens (including phenoxy) is 3. The van der Waals surface area contributed by atoms with Crippen LogP contribution in [0.15, 0.2) is 12.1 Å². The highest BCUT2D eigenvalue weighted by Gasteiger charge is 2.28. The van der Waals surface area contributed by atoms with Crippen LogP contribution in [0.1, 0.15) is 16.1 Å². The molecule has 0 aliphatic carbocycles. The average Bonchev–Trinajstić information content (AvgIpc) is 2.53. The average molecular weight is 294 g/mol. The lowest BCUT2D eigenvalue weighted by Gasteiger charge is -2.32. The normalized spacial score (nSPS) is 18.2. The minimum absolute atomic E-state index is 0.372. The van der Waals surface area contributed by atoms with Crippen LogP contribution in [-0.4, -0.2) is 56.9 Å². The molecule has 1 atom stereocenters. The van der Waals surface area contributed by atoms with E-state index in [1.807, 2.05) is 4.90 Å². The highest BCUT2D eigenvalue weighted by atomic mass is 16.6. The number of anilines is 1. The Labute approximate surface area is 122 Å². The zero-order valence-electron chi connectivity index (χ0n) is 12.3. The second kappa shape index (κ2) is 6.53. The standard InChI is InChI=1S/C14H18N2O5/c1-9-10(13(17)19-2)4-5-12(15-9)16-6-7-21-11(8-16)14(18)20-3/h4-5,11H,6-8H2,1-3H3. The summed E-state index contributed by atoms with van der Waals surface area (Å²) in [5.74, 6) is -0.124. The van der Waals surface area contributed by atoms with Gasteiger partial charge in [0.2, 0.25) is 0 Å². The van der Waals surface area contributed by atoms with Gasteiger partial charge in [0.1, 0.15) is 5.82 Å². The third kappa shape index (κ3) is 3.30. The Morgan fingerprint density at radius 1 is 1.33 bits per heavy atom. The predicted octanol–water partition coefficient (Wildman–Crippen LogP) is 0.555. The van der Waals surface area contributed by atoms with E-state index in [-0.39, 0.29) is 0 Å². The maximum Gasteiger partial charge on any atom is 0.339 e. The molecule has 0 saturated carbocycles. The lowest BCUT2D eigenvalue weighted by Crippen LogP contribution is -2.47. The molecule has 1 aromatic heterocycles. The fourth-order valence-corrected chi connectivity index (χ4v) is 2.18. The van der Waals surface area contributed by atoms with Gasteiger partial charge in [-0.3, -0.25) is 0 Å². The number of hydrogen-bond donors (Lipinski definition) is 0. The summed E-state index contributed by atoms with van der Waals surface area (Å²) in [4.78, 5) is 29.4. The molecule has 21 heavy (non-hydrogen) atoms. The van der Waals surface area contributed by atoms with E-state index in [0.717, 1.165) is 0 Å². The van der Waals surface area contributed by atoms with Crippen LogP contribution in [0.4, 0.5) is 5.82 Å². The minimum atomic E-state index is -0.619. The van der Waals surface area contributed by atoms with Gasteiger partial charge >= 0.3 is 11.9 Å². The zero-order chi connectivity index (χ0) is 15.4. The van der Waals surface area contributed by atoms with Gasteiger partial charge in [-0.15, -0.1) is 0 Å². The number of hydrogen-bond acceptors (Lipinski definition) is 7. The molecule has 0 N–H and O–H groups in total. The van der Waals surface area contributed by atoms with E-state index < -0.39 is 18.0 Å². The molecule has 7 heteroatoms. The molecule has 7 nitrogen and oxygen atoms in total. The van der Waals surface area contributed by atoms with Crippen molar-refractivity contribution in [1.82, 2.24) is 4.98 Å². The largest absolute Gasteiger partial charge is 0.467 e.